The van der Waals surface area contributed by atoms with Crippen LogP contribution in [0, 0.1) is 0 Å². The smallest absolute Gasteiger partial charge is 0.157 e. The molecule has 0 unspecified atom stereocenters. The lowest BCUT2D eigenvalue weighted by atomic mass is 10.3. The van der Waals surface area contributed by atoms with Crippen LogP contribution in [0.2, 0.25) is 0 Å². The number of aromatic nitrogens is 3. The summed E-state index contributed by atoms with van der Waals surface area (Å²) in [5.74, 6) is 1.06. The molecule has 108 valence electrons. The standard InChI is InChI=1S/C15H16N4OS/c1-2-20-9-13-18-12(16)8-15(19-13)21-14-7-10-5-3-4-6-11(10)17-14/h3-8,17H,2,9H2,1H3,(H2,16,18,19). The third-order valence-electron chi connectivity index (χ3n) is 2.92. The van der Waals surface area contributed by atoms with Crippen molar-refractivity contribution < 1.29 is 4.74 Å². The van der Waals surface area contributed by atoms with Crippen molar-refractivity contribution in [1.29, 1.82) is 0 Å². The minimum Gasteiger partial charge on any atom is -0.384 e. The minimum absolute atomic E-state index is 0.377. The SMILES string of the molecule is CCOCc1nc(N)cc(Sc2cc3ccccc3[nH]2)n1. The van der Waals surface area contributed by atoms with E-state index < -0.39 is 0 Å². The molecule has 0 saturated heterocycles. The second-order valence-electron chi connectivity index (χ2n) is 4.51. The van der Waals surface area contributed by atoms with Gasteiger partial charge >= 0.3 is 0 Å². The monoisotopic (exact) mass is 300 g/mol. The molecule has 0 aliphatic heterocycles. The van der Waals surface area contributed by atoms with Gasteiger partial charge in [-0.2, -0.15) is 0 Å². The summed E-state index contributed by atoms with van der Waals surface area (Å²) in [4.78, 5) is 12.0. The van der Waals surface area contributed by atoms with Crippen molar-refractivity contribution in [3.8, 4) is 0 Å². The highest BCUT2D eigenvalue weighted by Crippen LogP contribution is 2.29. The van der Waals surface area contributed by atoms with Gasteiger partial charge in [0.1, 0.15) is 17.5 Å². The summed E-state index contributed by atoms with van der Waals surface area (Å²) >= 11 is 1.53. The van der Waals surface area contributed by atoms with Gasteiger partial charge in [-0.15, -0.1) is 0 Å². The van der Waals surface area contributed by atoms with E-state index in [4.69, 9.17) is 10.5 Å². The molecule has 0 bridgehead atoms. The number of nitrogens with zero attached hydrogens (tertiary/aromatic N) is 2. The fourth-order valence-corrected chi connectivity index (χ4v) is 2.92. The Morgan fingerprint density at radius 3 is 2.90 bits per heavy atom. The van der Waals surface area contributed by atoms with E-state index in [0.717, 1.165) is 15.6 Å². The summed E-state index contributed by atoms with van der Waals surface area (Å²) in [6, 6.07) is 12.0. The fraction of sp³-hybridized carbons (Fsp3) is 0.200. The highest BCUT2D eigenvalue weighted by Gasteiger charge is 2.07. The Balaban J connectivity index is 1.84. The number of anilines is 1. The van der Waals surface area contributed by atoms with E-state index in [-0.39, 0.29) is 0 Å². The lowest BCUT2D eigenvalue weighted by Gasteiger charge is -2.04. The van der Waals surface area contributed by atoms with Gasteiger partial charge in [0.25, 0.3) is 0 Å². The summed E-state index contributed by atoms with van der Waals surface area (Å²) in [5, 5.41) is 3.01. The molecule has 2 aromatic heterocycles. The summed E-state index contributed by atoms with van der Waals surface area (Å²) in [6.45, 7) is 2.94. The van der Waals surface area contributed by atoms with E-state index in [2.05, 4.69) is 27.1 Å². The first-order valence-corrected chi connectivity index (χ1v) is 7.53. The van der Waals surface area contributed by atoms with Gasteiger partial charge in [0.05, 0.1) is 5.03 Å². The molecule has 0 spiro atoms. The second-order valence-corrected chi connectivity index (χ2v) is 5.57. The van der Waals surface area contributed by atoms with Crippen molar-refractivity contribution >= 4 is 28.5 Å². The maximum atomic E-state index is 5.83. The molecule has 0 aliphatic rings. The number of fused-ring (bicyclic) bond motifs is 1. The molecule has 0 fully saturated rings. The molecule has 0 saturated carbocycles. The Hall–Kier alpha value is -2.05. The fourth-order valence-electron chi connectivity index (χ4n) is 2.02. The number of para-hydroxylation sites is 1. The molecule has 2 heterocycles. The number of nitrogen functional groups attached to an aromatic ring is 1. The number of rotatable bonds is 5. The number of nitrogens with one attached hydrogen (secondary N) is 1. The molecule has 3 N–H and O–H groups in total. The molecule has 21 heavy (non-hydrogen) atoms. The minimum atomic E-state index is 0.377. The third kappa shape index (κ3) is 3.34. The predicted molar refractivity (Wildman–Crippen MR) is 84.2 cm³/mol. The Morgan fingerprint density at radius 1 is 1.24 bits per heavy atom. The largest absolute Gasteiger partial charge is 0.384 e. The van der Waals surface area contributed by atoms with Gasteiger partial charge in [-0.25, -0.2) is 9.97 Å². The summed E-state index contributed by atoms with van der Waals surface area (Å²) in [7, 11) is 0. The Kier molecular flexibility index (Phi) is 4.08. The number of H-pyrrole nitrogens is 1. The van der Waals surface area contributed by atoms with Crippen molar-refractivity contribution in [3.63, 3.8) is 0 Å². The number of hydrogen-bond donors (Lipinski definition) is 2. The quantitative estimate of drug-likeness (QED) is 0.707. The second kappa shape index (κ2) is 6.15. The zero-order chi connectivity index (χ0) is 14.7. The van der Waals surface area contributed by atoms with Gasteiger partial charge in [-0.3, -0.25) is 0 Å². The molecule has 5 nitrogen and oxygen atoms in total. The maximum Gasteiger partial charge on any atom is 0.157 e. The Bertz CT molecular complexity index is 723. The van der Waals surface area contributed by atoms with Gasteiger partial charge in [0, 0.05) is 23.6 Å². The van der Waals surface area contributed by atoms with E-state index in [1.165, 1.54) is 17.1 Å². The van der Waals surface area contributed by atoms with Gasteiger partial charge in [0.2, 0.25) is 0 Å². The molecule has 0 amide bonds. The third-order valence-corrected chi connectivity index (χ3v) is 3.78. The van der Waals surface area contributed by atoms with Crippen LogP contribution in [0.15, 0.2) is 46.5 Å². The highest BCUT2D eigenvalue weighted by molar-refractivity contribution is 7.99. The van der Waals surface area contributed by atoms with Gasteiger partial charge in [-0.1, -0.05) is 30.0 Å². The van der Waals surface area contributed by atoms with E-state index in [9.17, 15) is 0 Å². The van der Waals surface area contributed by atoms with Crippen molar-refractivity contribution in [3.05, 3.63) is 42.2 Å². The van der Waals surface area contributed by atoms with Crippen LogP contribution >= 0.6 is 11.8 Å². The average Bonchev–Trinajstić information content (AvgIpc) is 2.86. The molecule has 3 rings (SSSR count). The average molecular weight is 300 g/mol. The van der Waals surface area contributed by atoms with Gasteiger partial charge in [0.15, 0.2) is 5.82 Å². The molecule has 1 aromatic carbocycles. The predicted octanol–water partition coefficient (Wildman–Crippen LogP) is 3.23. The van der Waals surface area contributed by atoms with Crippen LogP contribution in [0.25, 0.3) is 10.9 Å². The summed E-state index contributed by atoms with van der Waals surface area (Å²) < 4.78 is 5.33. The number of ether oxygens (including phenoxy) is 1. The molecular weight excluding hydrogens is 284 g/mol. The van der Waals surface area contributed by atoms with E-state index in [1.54, 1.807) is 6.07 Å². The lowest BCUT2D eigenvalue weighted by Crippen LogP contribution is -2.03. The van der Waals surface area contributed by atoms with E-state index >= 15 is 0 Å². The zero-order valence-electron chi connectivity index (χ0n) is 11.7. The molecule has 0 atom stereocenters. The van der Waals surface area contributed by atoms with Gasteiger partial charge in [-0.05, 0) is 19.1 Å². The summed E-state index contributed by atoms with van der Waals surface area (Å²) in [6.07, 6.45) is 0. The summed E-state index contributed by atoms with van der Waals surface area (Å²) in [5.41, 5.74) is 6.94. The normalized spacial score (nSPS) is 11.1. The molecule has 0 radical (unpaired) electrons. The first-order chi connectivity index (χ1) is 10.2. The number of aromatic amines is 1. The Morgan fingerprint density at radius 2 is 2.10 bits per heavy atom. The van der Waals surface area contributed by atoms with Gasteiger partial charge < -0.3 is 15.5 Å². The van der Waals surface area contributed by atoms with E-state index in [1.807, 2.05) is 25.1 Å². The van der Waals surface area contributed by atoms with Crippen LogP contribution in [0.5, 0.6) is 0 Å². The topological polar surface area (TPSA) is 76.8 Å². The van der Waals surface area contributed by atoms with Crippen LogP contribution in [-0.4, -0.2) is 21.6 Å². The van der Waals surface area contributed by atoms with Crippen LogP contribution in [0.3, 0.4) is 0 Å². The van der Waals surface area contributed by atoms with Crippen LogP contribution in [0.4, 0.5) is 5.82 Å². The van der Waals surface area contributed by atoms with Crippen LogP contribution < -0.4 is 5.73 Å². The molecule has 6 heteroatoms. The highest BCUT2D eigenvalue weighted by atomic mass is 32.2. The van der Waals surface area contributed by atoms with Crippen molar-refractivity contribution in [2.24, 2.45) is 0 Å². The van der Waals surface area contributed by atoms with Crippen LogP contribution in [0.1, 0.15) is 12.7 Å². The first kappa shape index (κ1) is 13.9. The number of nitrogens with two attached hydrogens (primary N) is 1. The van der Waals surface area contributed by atoms with Crippen molar-refractivity contribution in [2.45, 2.75) is 23.6 Å². The van der Waals surface area contributed by atoms with Crippen LogP contribution in [-0.2, 0) is 11.3 Å². The molecular formula is C15H16N4OS. The number of benzene rings is 1. The first-order valence-electron chi connectivity index (χ1n) is 6.71. The number of hydrogen-bond acceptors (Lipinski definition) is 5. The zero-order valence-corrected chi connectivity index (χ0v) is 12.5. The van der Waals surface area contributed by atoms with E-state index in [0.29, 0.717) is 24.9 Å². The Labute approximate surface area is 126 Å². The van der Waals surface area contributed by atoms with Crippen molar-refractivity contribution in [2.75, 3.05) is 12.3 Å². The maximum absolute atomic E-state index is 5.83. The molecule has 3 aromatic rings. The molecule has 0 aliphatic carbocycles. The lowest BCUT2D eigenvalue weighted by molar-refractivity contribution is 0.128. The van der Waals surface area contributed by atoms with Crippen molar-refractivity contribution in [1.82, 2.24) is 15.0 Å².